The van der Waals surface area contributed by atoms with Crippen LogP contribution in [0.25, 0.3) is 0 Å². The molecule has 0 bridgehead atoms. The number of anilines is 1. The zero-order valence-electron chi connectivity index (χ0n) is 31.8. The number of imide groups is 1. The Hall–Kier alpha value is -5.15. The molecule has 9 nitrogen and oxygen atoms in total. The Morgan fingerprint density at radius 2 is 1.75 bits per heavy atom. The molecule has 9 heteroatoms. The van der Waals surface area contributed by atoms with Crippen LogP contribution in [0.1, 0.15) is 77.6 Å². The molecule has 2 aliphatic carbocycles. The summed E-state index contributed by atoms with van der Waals surface area (Å²) in [5, 5.41) is 12.6. The van der Waals surface area contributed by atoms with Gasteiger partial charge in [-0.25, -0.2) is 0 Å². The zero-order valence-corrected chi connectivity index (χ0v) is 31.8. The van der Waals surface area contributed by atoms with Crippen molar-refractivity contribution in [3.05, 3.63) is 125 Å². The van der Waals surface area contributed by atoms with E-state index in [1.54, 1.807) is 11.0 Å². The van der Waals surface area contributed by atoms with E-state index in [1.807, 2.05) is 37.3 Å². The van der Waals surface area contributed by atoms with E-state index in [1.165, 1.54) is 29.5 Å². The summed E-state index contributed by atoms with van der Waals surface area (Å²) < 4.78 is 6.32. The third kappa shape index (κ3) is 7.99. The number of fused-ring (bicyclic) bond motifs is 2. The molecule has 1 unspecified atom stereocenters. The number of carbonyl (C=O) groups excluding carboxylic acids is 3. The van der Waals surface area contributed by atoms with Gasteiger partial charge in [0.05, 0.1) is 6.61 Å². The van der Waals surface area contributed by atoms with E-state index in [-0.39, 0.29) is 36.0 Å². The second-order valence-electron chi connectivity index (χ2n) is 16.0. The van der Waals surface area contributed by atoms with Gasteiger partial charge in [-0.1, -0.05) is 54.7 Å². The predicted octanol–water partition coefficient (Wildman–Crippen LogP) is 6.76. The molecule has 5 aliphatic rings. The number of piperazine rings is 1. The molecule has 55 heavy (non-hydrogen) atoms. The van der Waals surface area contributed by atoms with E-state index in [0.717, 1.165) is 74.7 Å². The number of amides is 3. The number of hydrogen-bond donors (Lipinski definition) is 2. The summed E-state index contributed by atoms with van der Waals surface area (Å²) in [6.07, 6.45) is 13.2. The third-order valence-electron chi connectivity index (χ3n) is 12.5. The van der Waals surface area contributed by atoms with Gasteiger partial charge < -0.3 is 19.6 Å². The van der Waals surface area contributed by atoms with Crippen LogP contribution in [0.5, 0.6) is 11.5 Å². The number of ether oxygens (including phenoxy) is 1. The highest BCUT2D eigenvalue weighted by Crippen LogP contribution is 2.46. The second kappa shape index (κ2) is 15.9. The van der Waals surface area contributed by atoms with Crippen molar-refractivity contribution < 1.29 is 24.2 Å². The molecule has 2 saturated heterocycles. The fourth-order valence-corrected chi connectivity index (χ4v) is 9.21. The molecule has 0 aromatic heterocycles. The van der Waals surface area contributed by atoms with Crippen molar-refractivity contribution in [1.29, 1.82) is 0 Å². The van der Waals surface area contributed by atoms with E-state index in [9.17, 15) is 19.5 Å². The molecule has 3 heterocycles. The fraction of sp³-hybridized carbons (Fsp3) is 0.413. The Morgan fingerprint density at radius 1 is 0.927 bits per heavy atom. The third-order valence-corrected chi connectivity index (χ3v) is 12.5. The van der Waals surface area contributed by atoms with Crippen LogP contribution in [-0.2, 0) is 22.6 Å². The van der Waals surface area contributed by atoms with Gasteiger partial charge in [-0.3, -0.25) is 24.6 Å². The lowest BCUT2D eigenvalue weighted by atomic mass is 9.69. The number of aryl methyl sites for hydroxylation is 1. The van der Waals surface area contributed by atoms with Crippen LogP contribution < -0.4 is 15.0 Å². The van der Waals surface area contributed by atoms with E-state index in [0.29, 0.717) is 36.1 Å². The molecular weight excluding hydrogens is 689 g/mol. The lowest BCUT2D eigenvalue weighted by Crippen LogP contribution is -2.52. The number of rotatable bonds is 12. The first-order valence-corrected chi connectivity index (χ1v) is 20.0. The summed E-state index contributed by atoms with van der Waals surface area (Å²) in [5.41, 5.74) is 7.59. The number of phenolic OH excluding ortho intramolecular Hbond substituents is 1. The summed E-state index contributed by atoms with van der Waals surface area (Å²) in [6.45, 7) is 12.6. The van der Waals surface area contributed by atoms with Crippen molar-refractivity contribution in [1.82, 2.24) is 15.1 Å². The number of hydrogen-bond acceptors (Lipinski definition) is 7. The van der Waals surface area contributed by atoms with E-state index >= 15 is 0 Å². The average molecular weight is 741 g/mol. The molecule has 5 atom stereocenters. The summed E-state index contributed by atoms with van der Waals surface area (Å²) in [5.74, 6) is 2.22. The lowest BCUT2D eigenvalue weighted by Gasteiger charge is -2.36. The maximum atomic E-state index is 13.1. The van der Waals surface area contributed by atoms with Gasteiger partial charge in [-0.15, -0.1) is 0 Å². The quantitative estimate of drug-likeness (QED) is 0.156. The molecule has 2 N–H and O–H groups in total. The summed E-state index contributed by atoms with van der Waals surface area (Å²) in [4.78, 5) is 43.7. The monoisotopic (exact) mass is 740 g/mol. The van der Waals surface area contributed by atoms with Gasteiger partial charge in [0.1, 0.15) is 17.5 Å². The van der Waals surface area contributed by atoms with E-state index in [2.05, 4.69) is 70.2 Å². The molecule has 286 valence electrons. The van der Waals surface area contributed by atoms with Gasteiger partial charge >= 0.3 is 0 Å². The molecule has 0 spiro atoms. The van der Waals surface area contributed by atoms with Crippen molar-refractivity contribution in [2.45, 2.75) is 64.0 Å². The van der Waals surface area contributed by atoms with Crippen LogP contribution in [0.4, 0.5) is 5.69 Å². The average Bonchev–Trinajstić information content (AvgIpc) is 3.88. The molecule has 3 aromatic rings. The molecule has 3 aliphatic heterocycles. The molecule has 8 rings (SSSR count). The Bertz CT molecular complexity index is 2010. The van der Waals surface area contributed by atoms with Crippen molar-refractivity contribution in [3.63, 3.8) is 0 Å². The predicted molar refractivity (Wildman–Crippen MR) is 214 cm³/mol. The molecule has 0 radical (unpaired) electrons. The fourth-order valence-electron chi connectivity index (χ4n) is 9.21. The van der Waals surface area contributed by atoms with Crippen LogP contribution >= 0.6 is 0 Å². The van der Waals surface area contributed by atoms with Crippen LogP contribution in [0, 0.1) is 17.8 Å². The van der Waals surface area contributed by atoms with Crippen molar-refractivity contribution in [2.75, 3.05) is 44.2 Å². The van der Waals surface area contributed by atoms with Crippen LogP contribution in [-0.4, -0.2) is 78.0 Å². The van der Waals surface area contributed by atoms with Gasteiger partial charge in [0, 0.05) is 56.3 Å². The van der Waals surface area contributed by atoms with Gasteiger partial charge in [0.25, 0.3) is 5.91 Å². The van der Waals surface area contributed by atoms with Gasteiger partial charge in [0.15, 0.2) is 0 Å². The number of nitrogens with one attached hydrogen (secondary N) is 1. The molecule has 3 fully saturated rings. The van der Waals surface area contributed by atoms with Crippen molar-refractivity contribution in [2.24, 2.45) is 17.8 Å². The molecular formula is C46H52N4O5. The smallest absolute Gasteiger partial charge is 0.255 e. The normalized spacial score (nSPS) is 25.3. The number of allylic oxidation sites excluding steroid dienone is 5. The highest BCUT2D eigenvalue weighted by atomic mass is 16.5. The van der Waals surface area contributed by atoms with Gasteiger partial charge in [-0.05, 0) is 128 Å². The first-order valence-electron chi connectivity index (χ1n) is 20.0. The van der Waals surface area contributed by atoms with E-state index < -0.39 is 6.04 Å². The second-order valence-corrected chi connectivity index (χ2v) is 16.0. The maximum Gasteiger partial charge on any atom is 0.255 e. The molecule has 3 aromatic carbocycles. The standard InChI is InChI=1S/C46H52N4O5/c1-3-4-5-6-30(2)39-14-9-33-27-37(51)11-16-40(33)44(39)31-7-12-38(13-8-31)55-29-35-25-32(35)19-20-48-21-23-49(24-22-48)36-10-15-41-34(26-36)28-50(46(41)54)42-17-18-43(52)47-45(42)53/h3-8,10-13,15-16,26-27,32,35,39,42,44,51H,2,9,14,17-25,28-29H2,1H3,(H,47,52,53)/b4-3-,6-5-/t32-,35+,39-,42?,44+/m1/s1. The number of benzene rings is 3. The Balaban J connectivity index is 0.792. The number of nitrogens with zero attached hydrogens (tertiary/aromatic N) is 3. The first kappa shape index (κ1) is 36.8. The number of phenols is 1. The lowest BCUT2D eigenvalue weighted by molar-refractivity contribution is -0.136. The van der Waals surface area contributed by atoms with E-state index in [4.69, 9.17) is 4.74 Å². The highest BCUT2D eigenvalue weighted by molar-refractivity contribution is 6.05. The Kier molecular flexibility index (Phi) is 10.6. The highest BCUT2D eigenvalue weighted by Gasteiger charge is 2.40. The minimum Gasteiger partial charge on any atom is -0.508 e. The minimum absolute atomic E-state index is 0.128. The zero-order chi connectivity index (χ0) is 38.1. The van der Waals surface area contributed by atoms with Crippen LogP contribution in [0.15, 0.2) is 97.1 Å². The maximum absolute atomic E-state index is 13.1. The van der Waals surface area contributed by atoms with Crippen molar-refractivity contribution >= 4 is 23.4 Å². The molecule has 3 amide bonds. The number of piperidine rings is 1. The van der Waals surface area contributed by atoms with Crippen LogP contribution in [0.2, 0.25) is 0 Å². The summed E-state index contributed by atoms with van der Waals surface area (Å²) >= 11 is 0. The Morgan fingerprint density at radius 3 is 2.53 bits per heavy atom. The number of carbonyl (C=O) groups is 3. The topological polar surface area (TPSA) is 102 Å². The van der Waals surface area contributed by atoms with Gasteiger partial charge in [-0.2, -0.15) is 0 Å². The minimum atomic E-state index is -0.590. The largest absolute Gasteiger partial charge is 0.508 e. The first-order chi connectivity index (χ1) is 26.7. The summed E-state index contributed by atoms with van der Waals surface area (Å²) in [7, 11) is 0. The number of aromatic hydroxyl groups is 1. The Labute approximate surface area is 324 Å². The SMILES string of the molecule is C=C(/C=C\C=C/C)[C@H]1CCc2cc(O)ccc2[C@H]1c1ccc(OC[C@@H]2C[C@H]2CCN2CCN(c3ccc4c(c3)CN(C3CCC(=O)NC3=O)C4=O)CC2)cc1. The summed E-state index contributed by atoms with van der Waals surface area (Å²) in [6, 6.07) is 19.9. The van der Waals surface area contributed by atoms with Crippen LogP contribution in [0.3, 0.4) is 0 Å². The van der Waals surface area contributed by atoms with Gasteiger partial charge in [0.2, 0.25) is 11.8 Å². The van der Waals surface area contributed by atoms with Crippen molar-refractivity contribution in [3.8, 4) is 11.5 Å². The molecule has 1 saturated carbocycles.